The van der Waals surface area contributed by atoms with Crippen molar-refractivity contribution in [3.63, 3.8) is 0 Å². The Bertz CT molecular complexity index is 442. The molecule has 1 aliphatic rings. The molecule has 0 aromatic heterocycles. The second kappa shape index (κ2) is 7.44. The Morgan fingerprint density at radius 1 is 1.35 bits per heavy atom. The Morgan fingerprint density at radius 2 is 2.15 bits per heavy atom. The number of carbonyl (C=O) groups is 1. The number of aryl methyl sites for hydroxylation is 1. The fourth-order valence-electron chi connectivity index (χ4n) is 2.81. The minimum absolute atomic E-state index is 0.178. The molecule has 1 aromatic rings. The molecule has 0 fully saturated rings. The summed E-state index contributed by atoms with van der Waals surface area (Å²) in [4.78, 5) is 12.0. The van der Waals surface area contributed by atoms with Gasteiger partial charge in [-0.1, -0.05) is 38.1 Å². The van der Waals surface area contributed by atoms with E-state index in [1.807, 2.05) is 0 Å². The van der Waals surface area contributed by atoms with Gasteiger partial charge in [-0.2, -0.15) is 0 Å². The lowest BCUT2D eigenvalue weighted by Gasteiger charge is -2.26. The van der Waals surface area contributed by atoms with Crippen molar-refractivity contribution < 1.29 is 4.79 Å². The van der Waals surface area contributed by atoms with Crippen LogP contribution in [-0.4, -0.2) is 18.5 Å². The van der Waals surface area contributed by atoms with Gasteiger partial charge in [-0.05, 0) is 43.4 Å². The van der Waals surface area contributed by atoms with E-state index in [2.05, 4.69) is 48.7 Å². The van der Waals surface area contributed by atoms with E-state index in [4.69, 9.17) is 0 Å². The Balaban J connectivity index is 1.80. The van der Waals surface area contributed by atoms with Crippen LogP contribution in [-0.2, 0) is 11.2 Å². The monoisotopic (exact) mass is 274 g/mol. The normalized spacial score (nSPS) is 17.9. The molecule has 0 saturated heterocycles. The van der Waals surface area contributed by atoms with E-state index >= 15 is 0 Å². The highest BCUT2D eigenvalue weighted by Gasteiger charge is 2.20. The molecular formula is C17H26N2O. The first-order valence-electron chi connectivity index (χ1n) is 7.77. The highest BCUT2D eigenvalue weighted by molar-refractivity contribution is 5.76. The highest BCUT2D eigenvalue weighted by Crippen LogP contribution is 2.29. The number of hydrogen-bond acceptors (Lipinski definition) is 2. The van der Waals surface area contributed by atoms with Crippen LogP contribution in [0.3, 0.4) is 0 Å². The molecule has 3 nitrogen and oxygen atoms in total. The van der Waals surface area contributed by atoms with Crippen molar-refractivity contribution in [3.8, 4) is 0 Å². The summed E-state index contributed by atoms with van der Waals surface area (Å²) in [6, 6.07) is 9.19. The van der Waals surface area contributed by atoms with Crippen LogP contribution in [0, 0.1) is 0 Å². The van der Waals surface area contributed by atoms with Gasteiger partial charge in [0.15, 0.2) is 0 Å². The van der Waals surface area contributed by atoms with E-state index in [-0.39, 0.29) is 11.9 Å². The molecule has 0 radical (unpaired) electrons. The van der Waals surface area contributed by atoms with Crippen molar-refractivity contribution in [2.45, 2.75) is 58.0 Å². The molecule has 0 saturated carbocycles. The van der Waals surface area contributed by atoms with Crippen LogP contribution in [0.15, 0.2) is 24.3 Å². The first-order chi connectivity index (χ1) is 9.66. The fourth-order valence-corrected chi connectivity index (χ4v) is 2.81. The fraction of sp³-hybridized carbons (Fsp3) is 0.588. The van der Waals surface area contributed by atoms with Gasteiger partial charge in [0, 0.05) is 12.5 Å². The lowest BCUT2D eigenvalue weighted by molar-refractivity contribution is -0.122. The molecule has 0 bridgehead atoms. The molecule has 1 aliphatic carbocycles. The summed E-state index contributed by atoms with van der Waals surface area (Å²) in [7, 11) is 0. The summed E-state index contributed by atoms with van der Waals surface area (Å²) >= 11 is 0. The number of hydrogen-bond donors (Lipinski definition) is 2. The molecule has 110 valence electrons. The minimum atomic E-state index is 0.178. The number of rotatable bonds is 6. The third-order valence-corrected chi connectivity index (χ3v) is 3.84. The number of nitrogens with one attached hydrogen (secondary N) is 2. The third kappa shape index (κ3) is 4.34. The van der Waals surface area contributed by atoms with Crippen LogP contribution in [0.2, 0.25) is 0 Å². The quantitative estimate of drug-likeness (QED) is 0.783. The molecule has 0 aliphatic heterocycles. The average molecular weight is 274 g/mol. The molecule has 2 rings (SSSR count). The predicted molar refractivity (Wildman–Crippen MR) is 82.6 cm³/mol. The molecule has 1 amide bonds. The zero-order valence-corrected chi connectivity index (χ0v) is 12.6. The number of fused-ring (bicyclic) bond motifs is 1. The zero-order chi connectivity index (χ0) is 14.4. The van der Waals surface area contributed by atoms with Gasteiger partial charge in [0.1, 0.15) is 0 Å². The van der Waals surface area contributed by atoms with Crippen molar-refractivity contribution in [2.75, 3.05) is 6.54 Å². The molecule has 2 N–H and O–H groups in total. The van der Waals surface area contributed by atoms with Gasteiger partial charge in [0.25, 0.3) is 0 Å². The Labute approximate surface area is 122 Å². The maximum Gasteiger partial charge on any atom is 0.220 e. The largest absolute Gasteiger partial charge is 0.349 e. The van der Waals surface area contributed by atoms with E-state index in [9.17, 15) is 4.79 Å². The maximum atomic E-state index is 12.0. The van der Waals surface area contributed by atoms with Crippen molar-refractivity contribution >= 4 is 5.91 Å². The first-order valence-corrected chi connectivity index (χ1v) is 7.77. The molecule has 0 spiro atoms. The summed E-state index contributed by atoms with van der Waals surface area (Å²) in [6.45, 7) is 5.16. The van der Waals surface area contributed by atoms with E-state index in [0.29, 0.717) is 12.5 Å². The summed E-state index contributed by atoms with van der Waals surface area (Å²) in [5.41, 5.74) is 2.71. The van der Waals surface area contributed by atoms with Crippen molar-refractivity contribution in [1.29, 1.82) is 0 Å². The van der Waals surface area contributed by atoms with Crippen molar-refractivity contribution in [1.82, 2.24) is 10.6 Å². The van der Waals surface area contributed by atoms with Crippen LogP contribution in [0.1, 0.15) is 56.7 Å². The van der Waals surface area contributed by atoms with Crippen LogP contribution in [0.25, 0.3) is 0 Å². The predicted octanol–water partition coefficient (Wildman–Crippen LogP) is 2.96. The molecule has 20 heavy (non-hydrogen) atoms. The second-order valence-electron chi connectivity index (χ2n) is 5.92. The van der Waals surface area contributed by atoms with E-state index in [1.165, 1.54) is 11.1 Å². The highest BCUT2D eigenvalue weighted by atomic mass is 16.1. The molecule has 1 unspecified atom stereocenters. The van der Waals surface area contributed by atoms with Crippen molar-refractivity contribution in [2.24, 2.45) is 0 Å². The van der Waals surface area contributed by atoms with Gasteiger partial charge in [0.2, 0.25) is 5.91 Å². The second-order valence-corrected chi connectivity index (χ2v) is 5.92. The number of benzene rings is 1. The van der Waals surface area contributed by atoms with Gasteiger partial charge < -0.3 is 10.6 Å². The summed E-state index contributed by atoms with van der Waals surface area (Å²) in [5.74, 6) is 0.178. The van der Waals surface area contributed by atoms with E-state index < -0.39 is 0 Å². The maximum absolute atomic E-state index is 12.0. The SMILES string of the molecule is CC(C)NCCCC(=O)NC1CCCc2ccccc21. The van der Waals surface area contributed by atoms with Crippen molar-refractivity contribution in [3.05, 3.63) is 35.4 Å². The van der Waals surface area contributed by atoms with Gasteiger partial charge in [-0.25, -0.2) is 0 Å². The first kappa shape index (κ1) is 15.0. The third-order valence-electron chi connectivity index (χ3n) is 3.84. The summed E-state index contributed by atoms with van der Waals surface area (Å²) in [6.07, 6.45) is 4.88. The molecule has 1 aromatic carbocycles. The Kier molecular flexibility index (Phi) is 5.60. The van der Waals surface area contributed by atoms with Gasteiger partial charge in [0.05, 0.1) is 6.04 Å². The van der Waals surface area contributed by atoms with Gasteiger partial charge >= 0.3 is 0 Å². The number of carbonyl (C=O) groups excluding carboxylic acids is 1. The zero-order valence-electron chi connectivity index (χ0n) is 12.6. The minimum Gasteiger partial charge on any atom is -0.349 e. The average Bonchev–Trinajstić information content (AvgIpc) is 2.44. The lowest BCUT2D eigenvalue weighted by atomic mass is 9.87. The molecular weight excluding hydrogens is 248 g/mol. The number of amides is 1. The van der Waals surface area contributed by atoms with Crippen LogP contribution in [0.4, 0.5) is 0 Å². The van der Waals surface area contributed by atoms with Gasteiger partial charge in [-0.3, -0.25) is 4.79 Å². The Hall–Kier alpha value is -1.35. The molecule has 0 heterocycles. The summed E-state index contributed by atoms with van der Waals surface area (Å²) < 4.78 is 0. The van der Waals surface area contributed by atoms with Crippen LogP contribution < -0.4 is 10.6 Å². The molecule has 3 heteroatoms. The molecule has 1 atom stereocenters. The van der Waals surface area contributed by atoms with Gasteiger partial charge in [-0.15, -0.1) is 0 Å². The Morgan fingerprint density at radius 3 is 2.95 bits per heavy atom. The topological polar surface area (TPSA) is 41.1 Å². The van der Waals surface area contributed by atoms with E-state index in [0.717, 1.165) is 32.2 Å². The summed E-state index contributed by atoms with van der Waals surface area (Å²) in [5, 5.41) is 6.54. The van der Waals surface area contributed by atoms with Crippen LogP contribution in [0.5, 0.6) is 0 Å². The van der Waals surface area contributed by atoms with Crippen LogP contribution >= 0.6 is 0 Å². The standard InChI is InChI=1S/C17H26N2O/c1-13(2)18-12-6-11-17(20)19-16-10-5-8-14-7-3-4-9-15(14)16/h3-4,7,9,13,16,18H,5-6,8,10-12H2,1-2H3,(H,19,20). The van der Waals surface area contributed by atoms with E-state index in [1.54, 1.807) is 0 Å². The smallest absolute Gasteiger partial charge is 0.220 e. The lowest BCUT2D eigenvalue weighted by Crippen LogP contribution is -2.31.